The molecule has 9 heteroatoms. The Labute approximate surface area is 80.5 Å². The molecule has 0 saturated heterocycles. The Morgan fingerprint density at radius 1 is 1.29 bits per heavy atom. The molecule has 0 atom stereocenters. The van der Waals surface area contributed by atoms with Crippen molar-refractivity contribution in [3.05, 3.63) is 0 Å². The molecule has 0 heterocycles. The van der Waals surface area contributed by atoms with Crippen molar-refractivity contribution in [2.75, 3.05) is 0 Å². The fourth-order valence-electron chi connectivity index (χ4n) is 0.449. The van der Waals surface area contributed by atoms with Crippen LogP contribution in [0.15, 0.2) is 0 Å². The largest absolute Gasteiger partial charge is 0.491 e. The van der Waals surface area contributed by atoms with E-state index in [9.17, 15) is 25.9 Å². The second-order valence-corrected chi connectivity index (χ2v) is 9.67. The Kier molecular flexibility index (Phi) is 3.39. The zero-order valence-electron chi connectivity index (χ0n) is 7.68. The van der Waals surface area contributed by atoms with Crippen LogP contribution in [0.5, 0.6) is 0 Å². The number of hydrogen-bond donors (Lipinski definition) is 0. The van der Waals surface area contributed by atoms with Gasteiger partial charge in [0.1, 0.15) is 8.07 Å². The van der Waals surface area contributed by atoms with Gasteiger partial charge in [-0.25, -0.2) is 4.79 Å². The third kappa shape index (κ3) is 3.29. The zero-order chi connectivity index (χ0) is 11.8. The molecule has 0 rings (SSSR count). The van der Waals surface area contributed by atoms with E-state index in [4.69, 9.17) is 0 Å². The number of hydrogen-bond acceptors (Lipinski definition) is 4. The Bertz CT molecular complexity index is 331. The summed E-state index contributed by atoms with van der Waals surface area (Å²) in [4.78, 5) is 10.6. The van der Waals surface area contributed by atoms with Crippen molar-refractivity contribution < 1.29 is 30.1 Å². The number of carbonyl (C=O) groups excluding carboxylic acids is 1. The van der Waals surface area contributed by atoms with E-state index in [1.165, 1.54) is 0 Å². The van der Waals surface area contributed by atoms with Gasteiger partial charge in [0.05, 0.1) is 0 Å². The van der Waals surface area contributed by atoms with Crippen molar-refractivity contribution in [3.8, 4) is 0 Å². The van der Waals surface area contributed by atoms with E-state index in [2.05, 4.69) is 4.18 Å². The number of carbonyl (C=O) groups is 1. The summed E-state index contributed by atoms with van der Waals surface area (Å²) in [7, 11) is -8.96. The highest BCUT2D eigenvalue weighted by Crippen LogP contribution is 2.29. The summed E-state index contributed by atoms with van der Waals surface area (Å²) < 4.78 is 60.3. The summed E-state index contributed by atoms with van der Waals surface area (Å²) in [5.41, 5.74) is -3.94. The average Bonchev–Trinajstić information content (AvgIpc) is 1.80. The van der Waals surface area contributed by atoms with Gasteiger partial charge >= 0.3 is 22.0 Å². The maximum atomic E-state index is 13.0. The molecule has 0 aliphatic carbocycles. The van der Waals surface area contributed by atoms with Crippen LogP contribution in [0, 0.1) is 0 Å². The molecule has 0 amide bonds. The molecule has 0 radical (unpaired) electrons. The van der Waals surface area contributed by atoms with Gasteiger partial charge in [0.15, 0.2) is 0 Å². The molecule has 0 fully saturated rings. The molecule has 4 nitrogen and oxygen atoms in total. The lowest BCUT2D eigenvalue weighted by Gasteiger charge is -2.24. The predicted octanol–water partition coefficient (Wildman–Crippen LogP) is 1.26. The van der Waals surface area contributed by atoms with E-state index in [-0.39, 0.29) is 0 Å². The van der Waals surface area contributed by atoms with Crippen molar-refractivity contribution in [3.63, 3.8) is 0 Å². The normalized spacial score (nSPS) is 13.9. The fraction of sp³-hybridized carbons (Fsp3) is 0.800. The summed E-state index contributed by atoms with van der Waals surface area (Å²) in [6.07, 6.45) is 0. The molecule has 0 N–H and O–H groups in total. The van der Waals surface area contributed by atoms with Crippen molar-refractivity contribution in [1.29, 1.82) is 0 Å². The van der Waals surface area contributed by atoms with Gasteiger partial charge in [-0.2, -0.15) is 17.2 Å². The van der Waals surface area contributed by atoms with Crippen LogP contribution in [0.1, 0.15) is 0 Å². The molecule has 0 aliphatic heterocycles. The molecule has 0 spiro atoms. The SMILES string of the molecule is C[Si](C)(C)C(F)(F)C(=O)OS(=O)(=O)F. The second kappa shape index (κ2) is 3.53. The van der Waals surface area contributed by atoms with Gasteiger partial charge in [-0.05, 0) is 0 Å². The number of halogens is 3. The lowest BCUT2D eigenvalue weighted by molar-refractivity contribution is -0.151. The minimum atomic E-state index is -5.67. The Morgan fingerprint density at radius 2 is 1.64 bits per heavy atom. The predicted molar refractivity (Wildman–Crippen MR) is 44.4 cm³/mol. The molecule has 84 valence electrons. The van der Waals surface area contributed by atoms with Gasteiger partial charge in [-0.1, -0.05) is 23.5 Å². The van der Waals surface area contributed by atoms with Crippen LogP contribution in [0.2, 0.25) is 19.6 Å². The molecule has 0 aliphatic rings. The van der Waals surface area contributed by atoms with E-state index in [1.54, 1.807) is 0 Å². The van der Waals surface area contributed by atoms with Crippen LogP contribution in [-0.2, 0) is 19.5 Å². The van der Waals surface area contributed by atoms with Gasteiger partial charge in [-0.3, -0.25) is 0 Å². The minimum Gasteiger partial charge on any atom is -0.316 e. The fourth-order valence-corrected chi connectivity index (χ4v) is 1.47. The third-order valence-corrected chi connectivity index (χ3v) is 3.81. The zero-order valence-corrected chi connectivity index (χ0v) is 9.49. The van der Waals surface area contributed by atoms with E-state index >= 15 is 0 Å². The van der Waals surface area contributed by atoms with Gasteiger partial charge in [0.25, 0.3) is 0 Å². The molecule has 0 aromatic heterocycles. The number of alkyl halides is 2. The molecule has 0 saturated carbocycles. The molecular weight excluding hydrogens is 241 g/mol. The molecule has 0 bridgehead atoms. The maximum absolute atomic E-state index is 13.0. The van der Waals surface area contributed by atoms with Crippen LogP contribution in [0.25, 0.3) is 0 Å². The summed E-state index contributed by atoms with van der Waals surface area (Å²) in [6, 6.07) is 0. The van der Waals surface area contributed by atoms with Gasteiger partial charge in [0, 0.05) is 0 Å². The highest BCUT2D eigenvalue weighted by Gasteiger charge is 2.54. The molecule has 0 unspecified atom stereocenters. The second-order valence-electron chi connectivity index (χ2n) is 3.59. The third-order valence-electron chi connectivity index (χ3n) is 1.37. The van der Waals surface area contributed by atoms with E-state index < -0.39 is 30.1 Å². The standard InChI is InChI=1S/C5H9F3O4SSi/c1-14(2,3)5(6,7)4(9)12-13(8,10)11/h1-3H3. The summed E-state index contributed by atoms with van der Waals surface area (Å²) >= 11 is 0. The summed E-state index contributed by atoms with van der Waals surface area (Å²) in [5, 5.41) is 0. The first-order chi connectivity index (χ1) is 5.88. The van der Waals surface area contributed by atoms with Crippen LogP contribution in [0.3, 0.4) is 0 Å². The molecule has 0 aromatic rings. The van der Waals surface area contributed by atoms with Crippen LogP contribution in [-0.4, -0.2) is 28.0 Å². The Hall–Kier alpha value is -0.573. The van der Waals surface area contributed by atoms with Crippen molar-refractivity contribution in [2.45, 2.75) is 25.2 Å². The monoisotopic (exact) mass is 250 g/mol. The van der Waals surface area contributed by atoms with Crippen molar-refractivity contribution in [1.82, 2.24) is 0 Å². The Morgan fingerprint density at radius 3 is 1.86 bits per heavy atom. The lowest BCUT2D eigenvalue weighted by Crippen LogP contribution is -2.52. The average molecular weight is 250 g/mol. The first-order valence-electron chi connectivity index (χ1n) is 3.44. The van der Waals surface area contributed by atoms with Crippen molar-refractivity contribution in [2.24, 2.45) is 0 Å². The van der Waals surface area contributed by atoms with Crippen molar-refractivity contribution >= 4 is 24.5 Å². The van der Waals surface area contributed by atoms with E-state index in [0.29, 0.717) is 0 Å². The van der Waals surface area contributed by atoms with Crippen LogP contribution >= 0.6 is 0 Å². The van der Waals surface area contributed by atoms with Crippen LogP contribution in [0.4, 0.5) is 12.7 Å². The van der Waals surface area contributed by atoms with Crippen LogP contribution < -0.4 is 0 Å². The topological polar surface area (TPSA) is 60.4 Å². The highest BCUT2D eigenvalue weighted by atomic mass is 32.3. The smallest absolute Gasteiger partial charge is 0.316 e. The molecule has 14 heavy (non-hydrogen) atoms. The molecule has 0 aromatic carbocycles. The first kappa shape index (κ1) is 13.4. The van der Waals surface area contributed by atoms with Gasteiger partial charge in [-0.15, -0.1) is 0 Å². The quantitative estimate of drug-likeness (QED) is 0.559. The minimum absolute atomic E-state index is 1.12. The van der Waals surface area contributed by atoms with Gasteiger partial charge < -0.3 is 4.18 Å². The summed E-state index contributed by atoms with van der Waals surface area (Å²) in [5.74, 6) is -2.36. The van der Waals surface area contributed by atoms with Gasteiger partial charge in [0.2, 0.25) is 0 Å². The lowest BCUT2D eigenvalue weighted by atomic mass is 10.7. The first-order valence-corrected chi connectivity index (χ1v) is 8.25. The van der Waals surface area contributed by atoms with E-state index in [0.717, 1.165) is 19.6 Å². The Balaban J connectivity index is 4.88. The maximum Gasteiger partial charge on any atom is 0.491 e. The highest BCUT2D eigenvalue weighted by molar-refractivity contribution is 7.81. The summed E-state index contributed by atoms with van der Waals surface area (Å²) in [6.45, 7) is 3.37. The molecular formula is C5H9F3O4SSi. The number of rotatable bonds is 3. The van der Waals surface area contributed by atoms with E-state index in [1.807, 2.05) is 0 Å².